The zero-order valence-corrected chi connectivity index (χ0v) is 19.4. The van der Waals surface area contributed by atoms with Crippen LogP contribution in [0, 0.1) is 13.8 Å². The normalized spacial score (nSPS) is 12.1. The van der Waals surface area contributed by atoms with Gasteiger partial charge in [0.15, 0.2) is 16.1 Å². The Hall–Kier alpha value is -2.91. The molecule has 0 radical (unpaired) electrons. The molecule has 0 fully saturated rings. The Morgan fingerprint density at radius 1 is 1.23 bits per heavy atom. The number of fused-ring (bicyclic) bond motifs is 1. The van der Waals surface area contributed by atoms with E-state index in [1.54, 1.807) is 0 Å². The maximum Gasteiger partial charge on any atom is 0.239 e. The molecule has 0 saturated heterocycles. The summed E-state index contributed by atoms with van der Waals surface area (Å²) in [5.41, 5.74) is 1.98. The molecule has 1 amide bonds. The smallest absolute Gasteiger partial charge is 0.239 e. The first kappa shape index (κ1) is 21.3. The Balaban J connectivity index is 1.40. The van der Waals surface area contributed by atoms with Crippen LogP contribution in [0.4, 0.5) is 5.13 Å². The number of benzene rings is 2. The Morgan fingerprint density at radius 2 is 2.03 bits per heavy atom. The van der Waals surface area contributed by atoms with E-state index in [1.807, 2.05) is 49.0 Å². The Labute approximate surface area is 188 Å². The van der Waals surface area contributed by atoms with Crippen molar-refractivity contribution in [2.45, 2.75) is 37.8 Å². The van der Waals surface area contributed by atoms with Crippen LogP contribution in [-0.2, 0) is 18.4 Å². The maximum atomic E-state index is 12.5. The molecule has 2 aromatic carbocycles. The van der Waals surface area contributed by atoms with Crippen molar-refractivity contribution in [2.24, 2.45) is 7.05 Å². The molecular weight excluding hydrogens is 430 g/mol. The number of aromatic nitrogens is 4. The van der Waals surface area contributed by atoms with Crippen LogP contribution in [-0.4, -0.2) is 30.9 Å². The van der Waals surface area contributed by atoms with Crippen LogP contribution >= 0.6 is 23.1 Å². The first-order chi connectivity index (χ1) is 14.9. The molecule has 0 aliphatic rings. The van der Waals surface area contributed by atoms with Crippen molar-refractivity contribution < 1.29 is 9.53 Å². The van der Waals surface area contributed by atoms with Gasteiger partial charge in [0.25, 0.3) is 0 Å². The van der Waals surface area contributed by atoms with Crippen molar-refractivity contribution in [1.29, 1.82) is 0 Å². The van der Waals surface area contributed by atoms with Crippen molar-refractivity contribution in [2.75, 3.05) is 5.32 Å². The zero-order valence-electron chi connectivity index (χ0n) is 17.7. The van der Waals surface area contributed by atoms with E-state index < -0.39 is 0 Å². The molecule has 0 aliphatic carbocycles. The molecule has 0 unspecified atom stereocenters. The van der Waals surface area contributed by atoms with Crippen molar-refractivity contribution >= 4 is 44.9 Å². The van der Waals surface area contributed by atoms with Crippen LogP contribution in [0.5, 0.6) is 5.75 Å². The second kappa shape index (κ2) is 9.07. The van der Waals surface area contributed by atoms with Gasteiger partial charge in [-0.1, -0.05) is 42.1 Å². The summed E-state index contributed by atoms with van der Waals surface area (Å²) < 4.78 is 7.90. The highest BCUT2D eigenvalue weighted by atomic mass is 32.2. The first-order valence-corrected chi connectivity index (χ1v) is 11.6. The highest BCUT2D eigenvalue weighted by molar-refractivity contribution is 8.00. The van der Waals surface area contributed by atoms with E-state index in [2.05, 4.69) is 45.6 Å². The predicted octanol–water partition coefficient (Wildman–Crippen LogP) is 4.74. The van der Waals surface area contributed by atoms with Gasteiger partial charge in [-0.15, -0.1) is 21.5 Å². The van der Waals surface area contributed by atoms with Gasteiger partial charge < -0.3 is 14.6 Å². The molecule has 1 N–H and O–H groups in total. The summed E-state index contributed by atoms with van der Waals surface area (Å²) in [4.78, 5) is 16.7. The van der Waals surface area contributed by atoms with Gasteiger partial charge in [0.2, 0.25) is 5.91 Å². The van der Waals surface area contributed by atoms with Gasteiger partial charge in [-0.05, 0) is 43.2 Å². The number of carbonyl (C=O) groups excluding carboxylic acids is 1. The predicted molar refractivity (Wildman–Crippen MR) is 125 cm³/mol. The van der Waals surface area contributed by atoms with E-state index in [-0.39, 0.29) is 11.2 Å². The average Bonchev–Trinajstić information content (AvgIpc) is 3.33. The molecule has 2 heterocycles. The van der Waals surface area contributed by atoms with Gasteiger partial charge in [-0.2, -0.15) is 0 Å². The third-order valence-corrected chi connectivity index (χ3v) is 6.94. The number of thioether (sulfide) groups is 1. The minimum absolute atomic E-state index is 0.119. The molecule has 4 aromatic rings. The van der Waals surface area contributed by atoms with E-state index >= 15 is 0 Å². The quantitative estimate of drug-likeness (QED) is 0.407. The van der Waals surface area contributed by atoms with E-state index in [0.717, 1.165) is 17.0 Å². The van der Waals surface area contributed by atoms with Crippen molar-refractivity contribution in [3.8, 4) is 5.75 Å². The molecule has 2 aromatic heterocycles. The fourth-order valence-electron chi connectivity index (χ4n) is 3.11. The molecule has 9 heteroatoms. The highest BCUT2D eigenvalue weighted by Gasteiger charge is 2.20. The van der Waals surface area contributed by atoms with Gasteiger partial charge in [-0.25, -0.2) is 4.98 Å². The average molecular weight is 454 g/mol. The lowest BCUT2D eigenvalue weighted by Crippen LogP contribution is -2.22. The molecule has 0 aliphatic heterocycles. The van der Waals surface area contributed by atoms with Crippen LogP contribution < -0.4 is 10.1 Å². The fourth-order valence-corrected chi connectivity index (χ4v) is 4.63. The first-order valence-electron chi connectivity index (χ1n) is 9.81. The van der Waals surface area contributed by atoms with Crippen LogP contribution in [0.2, 0.25) is 0 Å². The van der Waals surface area contributed by atoms with E-state index in [0.29, 0.717) is 22.7 Å². The van der Waals surface area contributed by atoms with Gasteiger partial charge in [0, 0.05) is 12.4 Å². The van der Waals surface area contributed by atoms with Crippen LogP contribution in [0.3, 0.4) is 0 Å². The third-order valence-electron chi connectivity index (χ3n) is 4.93. The molecule has 1 atom stereocenters. The topological polar surface area (TPSA) is 81.9 Å². The summed E-state index contributed by atoms with van der Waals surface area (Å²) in [5.74, 6) is 1.40. The van der Waals surface area contributed by atoms with Crippen molar-refractivity contribution in [1.82, 2.24) is 19.7 Å². The number of aryl methyl sites for hydroxylation is 2. The van der Waals surface area contributed by atoms with Gasteiger partial charge in [-0.3, -0.25) is 4.79 Å². The number of carbonyl (C=O) groups is 1. The lowest BCUT2D eigenvalue weighted by Gasteiger charge is -2.12. The number of hydrogen-bond donors (Lipinski definition) is 1. The zero-order chi connectivity index (χ0) is 22.0. The molecule has 7 nitrogen and oxygen atoms in total. The van der Waals surface area contributed by atoms with Crippen LogP contribution in [0.15, 0.2) is 46.9 Å². The van der Waals surface area contributed by atoms with E-state index in [9.17, 15) is 4.79 Å². The minimum Gasteiger partial charge on any atom is -0.485 e. The van der Waals surface area contributed by atoms with Gasteiger partial charge in [0.05, 0.1) is 10.9 Å². The number of anilines is 1. The summed E-state index contributed by atoms with van der Waals surface area (Å²) in [5, 5.41) is 16.5. The van der Waals surface area contributed by atoms with E-state index in [4.69, 9.17) is 4.74 Å². The number of hydrogen-bond acceptors (Lipinski definition) is 7. The van der Waals surface area contributed by atoms with Gasteiger partial charge >= 0.3 is 0 Å². The summed E-state index contributed by atoms with van der Waals surface area (Å²) in [7, 11) is 1.88. The molecule has 160 valence electrons. The molecule has 4 rings (SSSR count). The number of nitrogens with zero attached hydrogens (tertiary/aromatic N) is 4. The Bertz CT molecular complexity index is 1230. The summed E-state index contributed by atoms with van der Waals surface area (Å²) in [6.07, 6.45) is 0. The largest absolute Gasteiger partial charge is 0.485 e. The third kappa shape index (κ3) is 4.72. The molecule has 0 spiro atoms. The number of amides is 1. The Morgan fingerprint density at radius 3 is 2.81 bits per heavy atom. The summed E-state index contributed by atoms with van der Waals surface area (Å²) in [6, 6.07) is 12.3. The fraction of sp³-hybridized carbons (Fsp3) is 0.273. The molecular formula is C22H23N5O2S2. The maximum absolute atomic E-state index is 12.5. The molecule has 0 saturated carbocycles. The second-order valence-corrected chi connectivity index (χ2v) is 9.37. The highest BCUT2D eigenvalue weighted by Crippen LogP contribution is 2.28. The number of ether oxygens (including phenoxy) is 1. The van der Waals surface area contributed by atoms with Gasteiger partial charge in [0.1, 0.15) is 12.4 Å². The second-order valence-electron chi connectivity index (χ2n) is 7.20. The molecule has 31 heavy (non-hydrogen) atoms. The number of nitrogens with one attached hydrogen (secondary N) is 1. The van der Waals surface area contributed by atoms with Crippen LogP contribution in [0.1, 0.15) is 24.0 Å². The SMILES string of the molecule is Cc1csc(NC(=O)[C@H](C)Sc2nnc(COc3ccc4ccccc4c3C)n2C)n1. The Kier molecular flexibility index (Phi) is 6.24. The number of rotatable bonds is 7. The van der Waals surface area contributed by atoms with E-state index in [1.165, 1.54) is 33.9 Å². The van der Waals surface area contributed by atoms with Crippen molar-refractivity contribution in [3.63, 3.8) is 0 Å². The summed E-state index contributed by atoms with van der Waals surface area (Å²) >= 11 is 2.76. The lowest BCUT2D eigenvalue weighted by atomic mass is 10.0. The number of thiazole rings is 1. The molecule has 0 bridgehead atoms. The lowest BCUT2D eigenvalue weighted by molar-refractivity contribution is -0.115. The monoisotopic (exact) mass is 453 g/mol. The minimum atomic E-state index is -0.344. The van der Waals surface area contributed by atoms with Crippen LogP contribution in [0.25, 0.3) is 10.8 Å². The standard InChI is InChI=1S/C22H23N5O2S2/c1-13-12-30-21(23-13)24-20(28)15(3)31-22-26-25-19(27(22)4)11-29-18-10-9-16-7-5-6-8-17(16)14(18)2/h5-10,12,15H,11H2,1-4H3,(H,23,24,28)/t15-/m0/s1. The van der Waals surface area contributed by atoms with Crippen molar-refractivity contribution in [3.05, 3.63) is 58.9 Å². The summed E-state index contributed by atoms with van der Waals surface area (Å²) in [6.45, 7) is 6.08.